The van der Waals surface area contributed by atoms with Crippen LogP contribution in [0.25, 0.3) is 0 Å². The van der Waals surface area contributed by atoms with Gasteiger partial charge in [-0.05, 0) is 41.5 Å². The molecule has 2 aromatic rings. The summed E-state index contributed by atoms with van der Waals surface area (Å²) >= 11 is 0. The van der Waals surface area contributed by atoms with E-state index in [1.54, 1.807) is 16.8 Å². The first-order valence-electron chi connectivity index (χ1n) is 8.63. The van der Waals surface area contributed by atoms with Gasteiger partial charge in [-0.15, -0.1) is 5.10 Å². The third-order valence-electron chi connectivity index (χ3n) is 4.31. The van der Waals surface area contributed by atoms with Crippen molar-refractivity contribution < 1.29 is 19.1 Å². The Morgan fingerprint density at radius 1 is 1.37 bits per heavy atom. The van der Waals surface area contributed by atoms with Crippen LogP contribution in [0.15, 0.2) is 24.3 Å². The first kappa shape index (κ1) is 18.9. The number of rotatable bonds is 7. The molecule has 10 heteroatoms. The molecule has 1 aromatic carbocycles. The molecule has 0 spiro atoms. The van der Waals surface area contributed by atoms with Crippen LogP contribution >= 0.6 is 0 Å². The van der Waals surface area contributed by atoms with Crippen LogP contribution in [-0.2, 0) is 20.8 Å². The van der Waals surface area contributed by atoms with Crippen LogP contribution in [0.1, 0.15) is 28.2 Å². The number of primary amides is 1. The van der Waals surface area contributed by atoms with E-state index < -0.39 is 5.91 Å². The summed E-state index contributed by atoms with van der Waals surface area (Å²) < 4.78 is 12.6. The average Bonchev–Trinajstić information content (AvgIpc) is 3.06. The number of nitrogens with two attached hydrogens (primary N) is 1. The van der Waals surface area contributed by atoms with Crippen molar-refractivity contribution in [2.45, 2.75) is 32.0 Å². The Labute approximate surface area is 156 Å². The molecule has 3 N–H and O–H groups in total. The molecule has 2 heterocycles. The number of aryl methyl sites for hydroxylation is 1. The SMILES string of the molecule is Cc1nnnn1Cc1ccc(C(=O)N[C@@H]2COCC[C@@H]2OCC(N)=O)cc1. The van der Waals surface area contributed by atoms with Crippen molar-refractivity contribution in [3.8, 4) is 0 Å². The van der Waals surface area contributed by atoms with E-state index in [9.17, 15) is 9.59 Å². The van der Waals surface area contributed by atoms with Crippen molar-refractivity contribution in [1.82, 2.24) is 25.5 Å². The van der Waals surface area contributed by atoms with Crippen LogP contribution in [0.3, 0.4) is 0 Å². The van der Waals surface area contributed by atoms with Crippen molar-refractivity contribution in [2.75, 3.05) is 19.8 Å². The molecular weight excluding hydrogens is 352 g/mol. The second-order valence-electron chi connectivity index (χ2n) is 6.34. The van der Waals surface area contributed by atoms with Crippen LogP contribution in [0, 0.1) is 6.92 Å². The van der Waals surface area contributed by atoms with Crippen molar-refractivity contribution >= 4 is 11.8 Å². The molecule has 0 bridgehead atoms. The Morgan fingerprint density at radius 2 is 2.15 bits per heavy atom. The van der Waals surface area contributed by atoms with E-state index >= 15 is 0 Å². The monoisotopic (exact) mass is 374 g/mol. The summed E-state index contributed by atoms with van der Waals surface area (Å²) in [5, 5.41) is 14.3. The van der Waals surface area contributed by atoms with Crippen LogP contribution in [0.2, 0.25) is 0 Å². The molecule has 2 amide bonds. The summed E-state index contributed by atoms with van der Waals surface area (Å²) in [6, 6.07) is 6.86. The Morgan fingerprint density at radius 3 is 2.81 bits per heavy atom. The van der Waals surface area contributed by atoms with Crippen LogP contribution in [-0.4, -0.2) is 64.0 Å². The van der Waals surface area contributed by atoms with Gasteiger partial charge in [0.25, 0.3) is 5.91 Å². The summed E-state index contributed by atoms with van der Waals surface area (Å²) in [5.74, 6) is -0.0561. The van der Waals surface area contributed by atoms with Gasteiger partial charge in [0, 0.05) is 12.2 Å². The van der Waals surface area contributed by atoms with Gasteiger partial charge in [-0.1, -0.05) is 12.1 Å². The zero-order chi connectivity index (χ0) is 19.2. The average molecular weight is 374 g/mol. The number of nitrogens with zero attached hydrogens (tertiary/aromatic N) is 4. The maximum atomic E-state index is 12.5. The van der Waals surface area contributed by atoms with E-state index in [0.29, 0.717) is 31.7 Å². The third kappa shape index (κ3) is 5.08. The number of carbonyl (C=O) groups is 2. The second kappa shape index (κ2) is 8.69. The predicted molar refractivity (Wildman–Crippen MR) is 93.7 cm³/mol. The van der Waals surface area contributed by atoms with E-state index in [-0.39, 0.29) is 24.7 Å². The molecule has 0 saturated carbocycles. The van der Waals surface area contributed by atoms with Gasteiger partial charge < -0.3 is 20.5 Å². The first-order chi connectivity index (χ1) is 13.0. The lowest BCUT2D eigenvalue weighted by molar-refractivity contribution is -0.128. The molecule has 1 saturated heterocycles. The Hall–Kier alpha value is -2.85. The summed E-state index contributed by atoms with van der Waals surface area (Å²) in [5.41, 5.74) is 6.62. The van der Waals surface area contributed by atoms with E-state index in [1.165, 1.54) is 0 Å². The molecule has 10 nitrogen and oxygen atoms in total. The highest BCUT2D eigenvalue weighted by Crippen LogP contribution is 2.13. The van der Waals surface area contributed by atoms with Gasteiger partial charge in [0.05, 0.1) is 25.3 Å². The van der Waals surface area contributed by atoms with Gasteiger partial charge in [-0.2, -0.15) is 0 Å². The van der Waals surface area contributed by atoms with Crippen molar-refractivity contribution in [2.24, 2.45) is 5.73 Å². The molecule has 0 unspecified atom stereocenters. The maximum absolute atomic E-state index is 12.5. The van der Waals surface area contributed by atoms with Gasteiger partial charge in [0.2, 0.25) is 5.91 Å². The van der Waals surface area contributed by atoms with E-state index in [0.717, 1.165) is 11.4 Å². The highest BCUT2D eigenvalue weighted by Gasteiger charge is 2.28. The minimum atomic E-state index is -0.542. The fourth-order valence-electron chi connectivity index (χ4n) is 2.82. The van der Waals surface area contributed by atoms with E-state index in [1.807, 2.05) is 19.1 Å². The van der Waals surface area contributed by atoms with Gasteiger partial charge in [-0.3, -0.25) is 9.59 Å². The largest absolute Gasteiger partial charge is 0.379 e. The zero-order valence-corrected chi connectivity index (χ0v) is 15.0. The van der Waals surface area contributed by atoms with Gasteiger partial charge in [0.15, 0.2) is 0 Å². The zero-order valence-electron chi connectivity index (χ0n) is 15.0. The molecule has 3 rings (SSSR count). The minimum Gasteiger partial charge on any atom is -0.379 e. The molecule has 0 radical (unpaired) electrons. The molecule has 1 aliphatic rings. The Kier molecular flexibility index (Phi) is 6.09. The number of tetrazole rings is 1. The van der Waals surface area contributed by atoms with Crippen LogP contribution in [0.5, 0.6) is 0 Å². The molecule has 27 heavy (non-hydrogen) atoms. The summed E-state index contributed by atoms with van der Waals surface area (Å²) in [7, 11) is 0. The molecule has 0 aliphatic carbocycles. The highest BCUT2D eigenvalue weighted by molar-refractivity contribution is 5.94. The molecular formula is C17H22N6O4. The molecule has 1 aliphatic heterocycles. The second-order valence-corrected chi connectivity index (χ2v) is 6.34. The number of amides is 2. The quantitative estimate of drug-likeness (QED) is 0.662. The number of ether oxygens (including phenoxy) is 2. The third-order valence-corrected chi connectivity index (χ3v) is 4.31. The summed E-state index contributed by atoms with van der Waals surface area (Å²) in [6.07, 6.45) is 0.278. The lowest BCUT2D eigenvalue weighted by Crippen LogP contribution is -2.51. The molecule has 144 valence electrons. The van der Waals surface area contributed by atoms with Crippen molar-refractivity contribution in [1.29, 1.82) is 0 Å². The van der Waals surface area contributed by atoms with Crippen LogP contribution in [0.4, 0.5) is 0 Å². The van der Waals surface area contributed by atoms with Crippen molar-refractivity contribution in [3.63, 3.8) is 0 Å². The minimum absolute atomic E-state index is 0.178. The standard InChI is InChI=1S/C17H22N6O4/c1-11-20-21-22-23(11)8-12-2-4-13(5-3-12)17(25)19-14-9-26-7-6-15(14)27-10-16(18)24/h2-5,14-15H,6-10H2,1H3,(H2,18,24)(H,19,25)/t14-,15+/m1/s1. The normalized spacial score (nSPS) is 19.6. The lowest BCUT2D eigenvalue weighted by atomic mass is 10.1. The topological polar surface area (TPSA) is 134 Å². The van der Waals surface area contributed by atoms with E-state index in [2.05, 4.69) is 20.8 Å². The number of carbonyl (C=O) groups excluding carboxylic acids is 2. The Bertz CT molecular complexity index is 791. The van der Waals surface area contributed by atoms with Crippen molar-refractivity contribution in [3.05, 3.63) is 41.2 Å². The smallest absolute Gasteiger partial charge is 0.251 e. The summed E-state index contributed by atoms with van der Waals surface area (Å²) in [4.78, 5) is 23.5. The van der Waals surface area contributed by atoms with Gasteiger partial charge >= 0.3 is 0 Å². The fourth-order valence-corrected chi connectivity index (χ4v) is 2.82. The first-order valence-corrected chi connectivity index (χ1v) is 8.63. The van der Waals surface area contributed by atoms with E-state index in [4.69, 9.17) is 15.2 Å². The van der Waals surface area contributed by atoms with Crippen LogP contribution < -0.4 is 11.1 Å². The fraction of sp³-hybridized carbons (Fsp3) is 0.471. The molecule has 2 atom stereocenters. The van der Waals surface area contributed by atoms with Gasteiger partial charge in [0.1, 0.15) is 12.4 Å². The highest BCUT2D eigenvalue weighted by atomic mass is 16.5. The van der Waals surface area contributed by atoms with Gasteiger partial charge in [-0.25, -0.2) is 4.68 Å². The maximum Gasteiger partial charge on any atom is 0.251 e. The molecule has 1 fully saturated rings. The number of hydrogen-bond acceptors (Lipinski definition) is 7. The lowest BCUT2D eigenvalue weighted by Gasteiger charge is -2.31. The summed E-state index contributed by atoms with van der Waals surface area (Å²) in [6.45, 7) is 3.01. The number of aromatic nitrogens is 4. The number of benzene rings is 1. The Balaban J connectivity index is 1.59. The number of hydrogen-bond donors (Lipinski definition) is 2. The number of nitrogens with one attached hydrogen (secondary N) is 1. The predicted octanol–water partition coefficient (Wildman–Crippen LogP) is -0.581. The molecule has 1 aromatic heterocycles.